The van der Waals surface area contributed by atoms with Crippen molar-refractivity contribution in [1.82, 2.24) is 0 Å². The first-order valence-corrected chi connectivity index (χ1v) is 8.76. The minimum atomic E-state index is -0.0678. The van der Waals surface area contributed by atoms with Crippen molar-refractivity contribution in [3.05, 3.63) is 58.7 Å². The van der Waals surface area contributed by atoms with Crippen molar-refractivity contribution in [3.63, 3.8) is 0 Å². The zero-order valence-corrected chi connectivity index (χ0v) is 13.8. The van der Waals surface area contributed by atoms with Crippen LogP contribution >= 0.6 is 0 Å². The van der Waals surface area contributed by atoms with E-state index < -0.39 is 0 Å². The molecule has 0 bridgehead atoms. The van der Waals surface area contributed by atoms with Crippen molar-refractivity contribution >= 4 is 22.9 Å². The van der Waals surface area contributed by atoms with Crippen LogP contribution in [0, 0.1) is 0 Å². The largest absolute Gasteiger partial charge is 0.369 e. The predicted molar refractivity (Wildman–Crippen MR) is 94.2 cm³/mol. The predicted octanol–water partition coefficient (Wildman–Crippen LogP) is 3.16. The number of benzene rings is 2. The first kappa shape index (κ1) is 14.7. The van der Waals surface area contributed by atoms with Crippen molar-refractivity contribution in [3.8, 4) is 0 Å². The van der Waals surface area contributed by atoms with E-state index in [9.17, 15) is 9.59 Å². The summed E-state index contributed by atoms with van der Waals surface area (Å²) >= 11 is 0. The summed E-state index contributed by atoms with van der Waals surface area (Å²) in [4.78, 5) is 33.9. The number of hydrogen-bond acceptors (Lipinski definition) is 5. The lowest BCUT2D eigenvalue weighted by molar-refractivity contribution is 0.0979. The van der Waals surface area contributed by atoms with Gasteiger partial charge in [0, 0.05) is 29.8 Å². The third-order valence-corrected chi connectivity index (χ3v) is 5.24. The van der Waals surface area contributed by atoms with E-state index in [4.69, 9.17) is 4.84 Å². The van der Waals surface area contributed by atoms with Crippen LogP contribution in [-0.2, 0) is 4.84 Å². The molecule has 5 rings (SSSR count). The Morgan fingerprint density at radius 2 is 1.48 bits per heavy atom. The van der Waals surface area contributed by atoms with Crippen LogP contribution in [0.1, 0.15) is 51.1 Å². The van der Waals surface area contributed by atoms with Gasteiger partial charge in [-0.25, -0.2) is 9.90 Å². The summed E-state index contributed by atoms with van der Waals surface area (Å²) in [5, 5.41) is 1.78. The molecular formula is C20H18N2O3. The fourth-order valence-electron chi connectivity index (χ4n) is 3.96. The fourth-order valence-corrected chi connectivity index (χ4v) is 3.96. The number of anilines is 2. The number of hydrogen-bond donors (Lipinski definition) is 0. The highest BCUT2D eigenvalue weighted by Crippen LogP contribution is 2.43. The average molecular weight is 334 g/mol. The van der Waals surface area contributed by atoms with Crippen molar-refractivity contribution < 1.29 is 14.4 Å². The molecule has 2 aromatic rings. The molecule has 0 N–H and O–H groups in total. The highest BCUT2D eigenvalue weighted by Gasteiger charge is 2.37. The Kier molecular flexibility index (Phi) is 3.18. The summed E-state index contributed by atoms with van der Waals surface area (Å²) in [5.74, 6) is -0.129. The molecule has 2 fully saturated rings. The van der Waals surface area contributed by atoms with Crippen LogP contribution in [0.2, 0.25) is 0 Å². The number of rotatable bonds is 2. The molecule has 2 heterocycles. The van der Waals surface area contributed by atoms with Gasteiger partial charge in [-0.1, -0.05) is 24.3 Å². The van der Waals surface area contributed by atoms with E-state index in [1.54, 1.807) is 29.3 Å². The Hall–Kier alpha value is -2.66. The lowest BCUT2D eigenvalue weighted by Gasteiger charge is -2.33. The van der Waals surface area contributed by atoms with Gasteiger partial charge in [-0.15, -0.1) is 0 Å². The summed E-state index contributed by atoms with van der Waals surface area (Å²) in [6.07, 6.45) is 3.40. The normalized spacial score (nSPS) is 18.9. The Balaban J connectivity index is 1.75. The molecule has 0 amide bonds. The van der Waals surface area contributed by atoms with Gasteiger partial charge in [0.2, 0.25) is 0 Å². The molecule has 0 unspecified atom stereocenters. The molecule has 3 aliphatic rings. The molecule has 0 saturated carbocycles. The van der Waals surface area contributed by atoms with Crippen LogP contribution in [0.25, 0.3) is 0 Å². The second kappa shape index (κ2) is 5.43. The van der Waals surface area contributed by atoms with Crippen LogP contribution in [0.3, 0.4) is 0 Å². The lowest BCUT2D eigenvalue weighted by Crippen LogP contribution is -2.33. The molecule has 0 aromatic heterocycles. The fraction of sp³-hybridized carbons (Fsp3) is 0.300. The van der Waals surface area contributed by atoms with Gasteiger partial charge < -0.3 is 4.90 Å². The zero-order chi connectivity index (χ0) is 17.0. The monoisotopic (exact) mass is 334 g/mol. The highest BCUT2D eigenvalue weighted by molar-refractivity contribution is 6.30. The molecule has 126 valence electrons. The van der Waals surface area contributed by atoms with E-state index in [0.717, 1.165) is 37.3 Å². The van der Waals surface area contributed by atoms with Crippen molar-refractivity contribution in [1.29, 1.82) is 0 Å². The van der Waals surface area contributed by atoms with Crippen LogP contribution in [-0.4, -0.2) is 31.4 Å². The van der Waals surface area contributed by atoms with E-state index in [0.29, 0.717) is 29.0 Å². The first-order valence-electron chi connectivity index (χ1n) is 8.76. The number of piperidine rings is 1. The topological polar surface area (TPSA) is 52.9 Å². The maximum atomic E-state index is 13.3. The molecule has 0 spiro atoms. The quantitative estimate of drug-likeness (QED) is 0.674. The number of carbonyl (C=O) groups is 2. The maximum Gasteiger partial charge on any atom is 0.196 e. The molecule has 25 heavy (non-hydrogen) atoms. The van der Waals surface area contributed by atoms with Gasteiger partial charge in [0.1, 0.15) is 0 Å². The Labute approximate surface area is 145 Å². The minimum absolute atomic E-state index is 0.0607. The first-order chi connectivity index (χ1) is 12.3. The summed E-state index contributed by atoms with van der Waals surface area (Å²) in [7, 11) is 0. The number of fused-ring (bicyclic) bond motifs is 2. The van der Waals surface area contributed by atoms with Crippen LogP contribution in [0.15, 0.2) is 36.4 Å². The second-order valence-electron chi connectivity index (χ2n) is 6.74. The molecule has 0 radical (unpaired) electrons. The Morgan fingerprint density at radius 1 is 0.800 bits per heavy atom. The smallest absolute Gasteiger partial charge is 0.196 e. The molecule has 5 nitrogen and oxygen atoms in total. The third-order valence-electron chi connectivity index (χ3n) is 5.24. The minimum Gasteiger partial charge on any atom is -0.369 e. The van der Waals surface area contributed by atoms with Gasteiger partial charge in [-0.3, -0.25) is 9.59 Å². The van der Waals surface area contributed by atoms with Crippen LogP contribution in [0.4, 0.5) is 11.4 Å². The SMILES string of the molecule is O=C1c2ccccc2C(=O)c2c1ccc(N1CO1)c2N1CCCCC1. The number of hydroxylamine groups is 1. The standard InChI is InChI=1S/C20H18N2O3/c23-19-13-6-2-3-7-14(13)20(24)17-15(19)8-9-16(22-12-25-22)18(17)21-10-4-1-5-11-21/h2-3,6-9H,1,4-5,10-12H2. The Bertz CT molecular complexity index is 896. The van der Waals surface area contributed by atoms with Crippen molar-refractivity contribution in [2.24, 2.45) is 0 Å². The molecule has 1 aliphatic carbocycles. The van der Waals surface area contributed by atoms with Crippen LogP contribution in [0.5, 0.6) is 0 Å². The van der Waals surface area contributed by atoms with Gasteiger partial charge in [-0.05, 0) is 31.4 Å². The second-order valence-corrected chi connectivity index (χ2v) is 6.74. The van der Waals surface area contributed by atoms with Gasteiger partial charge in [0.15, 0.2) is 18.3 Å². The zero-order valence-electron chi connectivity index (χ0n) is 13.8. The maximum absolute atomic E-state index is 13.3. The molecule has 2 aromatic carbocycles. The molecule has 0 atom stereocenters. The number of nitrogens with zero attached hydrogens (tertiary/aromatic N) is 2. The van der Waals surface area contributed by atoms with E-state index in [1.807, 2.05) is 12.1 Å². The Morgan fingerprint density at radius 3 is 2.16 bits per heavy atom. The number of ketones is 2. The molecular weight excluding hydrogens is 316 g/mol. The van der Waals surface area contributed by atoms with E-state index in [2.05, 4.69) is 4.90 Å². The van der Waals surface area contributed by atoms with Gasteiger partial charge in [0.05, 0.1) is 16.9 Å². The summed E-state index contributed by atoms with van der Waals surface area (Å²) in [5.41, 5.74) is 3.81. The summed E-state index contributed by atoms with van der Waals surface area (Å²) in [6.45, 7) is 2.33. The molecule has 5 heteroatoms. The van der Waals surface area contributed by atoms with Gasteiger partial charge in [0.25, 0.3) is 0 Å². The lowest BCUT2D eigenvalue weighted by atomic mass is 9.82. The average Bonchev–Trinajstić information content (AvgIpc) is 3.51. The summed E-state index contributed by atoms with van der Waals surface area (Å²) < 4.78 is 0. The van der Waals surface area contributed by atoms with E-state index in [1.165, 1.54) is 6.42 Å². The summed E-state index contributed by atoms with van der Waals surface area (Å²) in [6, 6.07) is 10.8. The molecule has 2 saturated heterocycles. The van der Waals surface area contributed by atoms with E-state index >= 15 is 0 Å². The van der Waals surface area contributed by atoms with Crippen LogP contribution < -0.4 is 9.96 Å². The number of carbonyl (C=O) groups excluding carboxylic acids is 2. The molecule has 2 aliphatic heterocycles. The highest BCUT2D eigenvalue weighted by atomic mass is 16.8. The van der Waals surface area contributed by atoms with Crippen molar-refractivity contribution in [2.75, 3.05) is 29.8 Å². The third kappa shape index (κ3) is 2.19. The van der Waals surface area contributed by atoms with Gasteiger partial charge in [-0.2, -0.15) is 0 Å². The van der Waals surface area contributed by atoms with E-state index in [-0.39, 0.29) is 11.6 Å². The van der Waals surface area contributed by atoms with Crippen molar-refractivity contribution in [2.45, 2.75) is 19.3 Å². The van der Waals surface area contributed by atoms with Gasteiger partial charge >= 0.3 is 0 Å².